The van der Waals surface area contributed by atoms with Gasteiger partial charge in [-0.1, -0.05) is 12.1 Å². The second-order valence-electron chi connectivity index (χ2n) is 5.39. The van der Waals surface area contributed by atoms with Crippen molar-refractivity contribution in [2.45, 2.75) is 10.6 Å². The molecule has 0 bridgehead atoms. The predicted octanol–water partition coefficient (Wildman–Crippen LogP) is 1.65. The highest BCUT2D eigenvalue weighted by Crippen LogP contribution is 2.15. The molecule has 0 spiro atoms. The normalized spacial score (nSPS) is 11.2. The van der Waals surface area contributed by atoms with Crippen LogP contribution in [-0.2, 0) is 19.6 Å². The predicted molar refractivity (Wildman–Crippen MR) is 96.8 cm³/mol. The van der Waals surface area contributed by atoms with Crippen molar-refractivity contribution in [2.24, 2.45) is 0 Å². The van der Waals surface area contributed by atoms with Crippen molar-refractivity contribution in [3.8, 4) is 0 Å². The van der Waals surface area contributed by atoms with Crippen LogP contribution >= 0.6 is 11.3 Å². The molecule has 0 unspecified atom stereocenters. The molecule has 2 rings (SSSR count). The lowest BCUT2D eigenvalue weighted by Crippen LogP contribution is -2.37. The zero-order valence-corrected chi connectivity index (χ0v) is 15.6. The Hall–Kier alpha value is -2.30. The van der Waals surface area contributed by atoms with E-state index in [4.69, 9.17) is 0 Å². The fourth-order valence-corrected chi connectivity index (χ4v) is 4.11. The fourth-order valence-electron chi connectivity index (χ4n) is 2.04. The average molecular weight is 399 g/mol. The summed E-state index contributed by atoms with van der Waals surface area (Å²) in [4.78, 5) is 25.1. The number of anilines is 1. The molecule has 2 aromatic rings. The third-order valence-electron chi connectivity index (χ3n) is 3.31. The van der Waals surface area contributed by atoms with Crippen LogP contribution in [0.15, 0.2) is 46.0 Å². The molecule has 0 saturated heterocycles. The molecule has 0 atom stereocenters. The molecule has 0 aliphatic heterocycles. The first kappa shape index (κ1) is 20.0. The van der Waals surface area contributed by atoms with Crippen LogP contribution in [0.2, 0.25) is 0 Å². The van der Waals surface area contributed by atoms with Crippen LogP contribution in [0.3, 0.4) is 0 Å². The van der Waals surface area contributed by atoms with Crippen LogP contribution < -0.4 is 10.0 Å². The summed E-state index contributed by atoms with van der Waals surface area (Å²) in [5.41, 5.74) is 0.291. The summed E-state index contributed by atoms with van der Waals surface area (Å²) in [7, 11) is -2.19. The van der Waals surface area contributed by atoms with Crippen molar-refractivity contribution in [1.82, 2.24) is 9.62 Å². The quantitative estimate of drug-likeness (QED) is 0.706. The number of hydrogen-bond acceptors (Lipinski definition) is 5. The molecular weight excluding hydrogens is 381 g/mol. The second-order valence-corrected chi connectivity index (χ2v) is 8.33. The second kappa shape index (κ2) is 8.88. The molecule has 140 valence electrons. The number of nitrogens with zero attached hydrogens (tertiary/aromatic N) is 1. The van der Waals surface area contributed by atoms with E-state index >= 15 is 0 Å². The average Bonchev–Trinajstić information content (AvgIpc) is 3.09. The Morgan fingerprint density at radius 3 is 2.65 bits per heavy atom. The van der Waals surface area contributed by atoms with E-state index in [1.807, 2.05) is 0 Å². The Kier molecular flexibility index (Phi) is 6.83. The van der Waals surface area contributed by atoms with Gasteiger partial charge in [-0.2, -0.15) is 0 Å². The van der Waals surface area contributed by atoms with Gasteiger partial charge in [0, 0.05) is 25.7 Å². The highest BCUT2D eigenvalue weighted by atomic mass is 32.2. The molecule has 1 heterocycles. The van der Waals surface area contributed by atoms with E-state index in [2.05, 4.69) is 10.0 Å². The van der Waals surface area contributed by atoms with Crippen LogP contribution in [0.25, 0.3) is 0 Å². The van der Waals surface area contributed by atoms with E-state index in [1.165, 1.54) is 42.3 Å². The first-order chi connectivity index (χ1) is 12.3. The van der Waals surface area contributed by atoms with Crippen molar-refractivity contribution in [3.05, 3.63) is 47.6 Å². The molecule has 1 aromatic carbocycles. The maximum absolute atomic E-state index is 13.1. The first-order valence-corrected chi connectivity index (χ1v) is 9.97. The lowest BCUT2D eigenvalue weighted by Gasteiger charge is -2.17. The minimum atomic E-state index is -3.62. The van der Waals surface area contributed by atoms with Crippen molar-refractivity contribution in [3.63, 3.8) is 0 Å². The van der Waals surface area contributed by atoms with Gasteiger partial charge in [-0.05, 0) is 29.6 Å². The molecule has 2 amide bonds. The third kappa shape index (κ3) is 5.90. The highest BCUT2D eigenvalue weighted by Gasteiger charge is 2.17. The Labute approximate surface area is 154 Å². The highest BCUT2D eigenvalue weighted by molar-refractivity contribution is 7.91. The Morgan fingerprint density at radius 1 is 1.23 bits per heavy atom. The molecule has 0 fully saturated rings. The number of carbonyl (C=O) groups excluding carboxylic acids is 2. The monoisotopic (exact) mass is 399 g/mol. The topological polar surface area (TPSA) is 95.6 Å². The molecule has 7 nitrogen and oxygen atoms in total. The van der Waals surface area contributed by atoms with E-state index in [0.29, 0.717) is 5.69 Å². The number of carbonyl (C=O) groups is 2. The van der Waals surface area contributed by atoms with Crippen molar-refractivity contribution < 1.29 is 22.4 Å². The summed E-state index contributed by atoms with van der Waals surface area (Å²) in [6.45, 7) is -0.304. The Balaban J connectivity index is 1.77. The van der Waals surface area contributed by atoms with E-state index in [-0.39, 0.29) is 23.7 Å². The molecule has 0 aliphatic rings. The molecule has 10 heteroatoms. The van der Waals surface area contributed by atoms with Crippen molar-refractivity contribution in [2.75, 3.05) is 25.5 Å². The SMILES string of the molecule is CN(CC(=O)Nc1cccc(F)c1)C(=O)CCNS(=O)(=O)c1cccs1. The smallest absolute Gasteiger partial charge is 0.250 e. The summed E-state index contributed by atoms with van der Waals surface area (Å²) in [5, 5.41) is 4.13. The first-order valence-electron chi connectivity index (χ1n) is 7.60. The summed E-state index contributed by atoms with van der Waals surface area (Å²) in [6.07, 6.45) is -0.0889. The minimum absolute atomic E-state index is 0.0745. The Morgan fingerprint density at radius 2 is 2.00 bits per heavy atom. The van der Waals surface area contributed by atoms with Gasteiger partial charge < -0.3 is 10.2 Å². The molecule has 0 radical (unpaired) electrons. The van der Waals surface area contributed by atoms with Crippen molar-refractivity contribution >= 4 is 38.9 Å². The van der Waals surface area contributed by atoms with Crippen molar-refractivity contribution in [1.29, 1.82) is 0 Å². The van der Waals surface area contributed by atoms with Crippen LogP contribution in [0.5, 0.6) is 0 Å². The number of sulfonamides is 1. The van der Waals surface area contributed by atoms with E-state index in [1.54, 1.807) is 11.4 Å². The standard InChI is InChI=1S/C16H18FN3O4S2/c1-20(11-14(21)19-13-5-2-4-12(17)10-13)15(22)7-8-18-26(23,24)16-6-3-9-25-16/h2-6,9-10,18H,7-8,11H2,1H3,(H,19,21). The van der Waals surface area contributed by atoms with Gasteiger partial charge in [-0.3, -0.25) is 9.59 Å². The van der Waals surface area contributed by atoms with Crippen LogP contribution in [0.1, 0.15) is 6.42 Å². The molecule has 2 N–H and O–H groups in total. The van der Waals surface area contributed by atoms with Gasteiger partial charge >= 0.3 is 0 Å². The summed E-state index contributed by atoms with van der Waals surface area (Å²) in [5.74, 6) is -1.36. The minimum Gasteiger partial charge on any atom is -0.336 e. The molecule has 26 heavy (non-hydrogen) atoms. The van der Waals surface area contributed by atoms with Gasteiger partial charge in [0.1, 0.15) is 10.0 Å². The van der Waals surface area contributed by atoms with Crippen LogP contribution in [-0.4, -0.2) is 45.3 Å². The maximum atomic E-state index is 13.1. The van der Waals surface area contributed by atoms with Gasteiger partial charge in [0.25, 0.3) is 0 Å². The van der Waals surface area contributed by atoms with E-state index in [0.717, 1.165) is 11.3 Å². The number of amides is 2. The summed E-state index contributed by atoms with van der Waals surface area (Å²) < 4.78 is 39.5. The zero-order valence-electron chi connectivity index (χ0n) is 13.9. The fraction of sp³-hybridized carbons (Fsp3) is 0.250. The summed E-state index contributed by atoms with van der Waals surface area (Å²) >= 11 is 1.08. The number of benzene rings is 1. The van der Waals surface area contributed by atoms with Gasteiger partial charge in [0.2, 0.25) is 21.8 Å². The third-order valence-corrected chi connectivity index (χ3v) is 6.16. The number of rotatable bonds is 8. The molecule has 0 saturated carbocycles. The maximum Gasteiger partial charge on any atom is 0.250 e. The van der Waals surface area contributed by atoms with Crippen LogP contribution in [0.4, 0.5) is 10.1 Å². The lowest BCUT2D eigenvalue weighted by atomic mass is 10.3. The number of halogens is 1. The van der Waals surface area contributed by atoms with E-state index < -0.39 is 27.7 Å². The van der Waals surface area contributed by atoms with Gasteiger partial charge in [0.15, 0.2) is 0 Å². The largest absolute Gasteiger partial charge is 0.336 e. The number of nitrogens with one attached hydrogen (secondary N) is 2. The van der Waals surface area contributed by atoms with Gasteiger partial charge in [0.05, 0.1) is 6.54 Å². The van der Waals surface area contributed by atoms with E-state index in [9.17, 15) is 22.4 Å². The Bertz CT molecular complexity index is 869. The van der Waals surface area contributed by atoms with Gasteiger partial charge in [-0.15, -0.1) is 11.3 Å². The zero-order chi connectivity index (χ0) is 19.2. The summed E-state index contributed by atoms with van der Waals surface area (Å²) in [6, 6.07) is 8.50. The number of hydrogen-bond donors (Lipinski definition) is 2. The number of thiophene rings is 1. The number of likely N-dealkylation sites (N-methyl/N-ethyl adjacent to an activating group) is 1. The lowest BCUT2D eigenvalue weighted by molar-refractivity contribution is -0.133. The molecule has 0 aliphatic carbocycles. The molecule has 1 aromatic heterocycles. The molecular formula is C16H18FN3O4S2. The van der Waals surface area contributed by atoms with Gasteiger partial charge in [-0.25, -0.2) is 17.5 Å². The van der Waals surface area contributed by atoms with Crippen LogP contribution in [0, 0.1) is 5.82 Å².